The van der Waals surface area contributed by atoms with E-state index in [9.17, 15) is 0 Å². The van der Waals surface area contributed by atoms with Gasteiger partial charge in [0, 0.05) is 11.6 Å². The van der Waals surface area contributed by atoms with Crippen LogP contribution in [0.5, 0.6) is 11.5 Å². The van der Waals surface area contributed by atoms with Crippen molar-refractivity contribution in [2.24, 2.45) is 0 Å². The first-order valence-electron chi connectivity index (χ1n) is 6.50. The van der Waals surface area contributed by atoms with Gasteiger partial charge in [-0.2, -0.15) is 0 Å². The van der Waals surface area contributed by atoms with Gasteiger partial charge in [-0.3, -0.25) is 0 Å². The molecule has 0 heterocycles. The van der Waals surface area contributed by atoms with Gasteiger partial charge in [-0.25, -0.2) is 0 Å². The first-order chi connectivity index (χ1) is 9.56. The molecular formula is C17H19ClO2. The molecule has 2 aromatic carbocycles. The van der Waals surface area contributed by atoms with Crippen molar-refractivity contribution < 1.29 is 9.47 Å². The molecule has 0 amide bonds. The maximum absolute atomic E-state index is 6.61. The zero-order valence-electron chi connectivity index (χ0n) is 12.2. The van der Waals surface area contributed by atoms with Crippen LogP contribution < -0.4 is 9.47 Å². The summed E-state index contributed by atoms with van der Waals surface area (Å²) >= 11 is 6.61. The van der Waals surface area contributed by atoms with E-state index < -0.39 is 0 Å². The number of benzene rings is 2. The number of alkyl halides is 1. The molecule has 1 atom stereocenters. The van der Waals surface area contributed by atoms with E-state index in [0.717, 1.165) is 22.6 Å². The molecule has 106 valence electrons. The van der Waals surface area contributed by atoms with Crippen LogP contribution in [0, 0.1) is 13.8 Å². The van der Waals surface area contributed by atoms with E-state index in [1.54, 1.807) is 14.2 Å². The van der Waals surface area contributed by atoms with Crippen molar-refractivity contribution in [1.82, 2.24) is 0 Å². The molecule has 0 fully saturated rings. The van der Waals surface area contributed by atoms with Gasteiger partial charge >= 0.3 is 0 Å². The summed E-state index contributed by atoms with van der Waals surface area (Å²) in [5.41, 5.74) is 4.51. The molecule has 0 saturated heterocycles. The first kappa shape index (κ1) is 14.7. The second-order valence-electron chi connectivity index (χ2n) is 4.81. The topological polar surface area (TPSA) is 18.5 Å². The third-order valence-electron chi connectivity index (χ3n) is 3.54. The highest BCUT2D eigenvalue weighted by Gasteiger charge is 2.16. The quantitative estimate of drug-likeness (QED) is 0.763. The summed E-state index contributed by atoms with van der Waals surface area (Å²) in [4.78, 5) is 0. The van der Waals surface area contributed by atoms with Crippen molar-refractivity contribution >= 4 is 11.6 Å². The second-order valence-corrected chi connectivity index (χ2v) is 5.25. The molecule has 20 heavy (non-hydrogen) atoms. The molecule has 1 unspecified atom stereocenters. The molecule has 3 heteroatoms. The minimum atomic E-state index is -0.241. The highest BCUT2D eigenvalue weighted by atomic mass is 35.5. The number of hydrogen-bond donors (Lipinski definition) is 0. The standard InChI is InChI=1S/C17H19ClO2/c1-11-5-6-13(9-12(11)2)17(18)15-8-7-14(19-3)10-16(15)20-4/h5-10,17H,1-4H3. The molecule has 0 N–H and O–H groups in total. The van der Waals surface area contributed by atoms with Crippen molar-refractivity contribution in [2.75, 3.05) is 14.2 Å². The molecule has 0 aliphatic heterocycles. The molecule has 0 spiro atoms. The summed E-state index contributed by atoms with van der Waals surface area (Å²) in [6, 6.07) is 12.0. The maximum Gasteiger partial charge on any atom is 0.127 e. The van der Waals surface area contributed by atoms with Crippen LogP contribution in [0.2, 0.25) is 0 Å². The zero-order valence-corrected chi connectivity index (χ0v) is 13.0. The summed E-state index contributed by atoms with van der Waals surface area (Å²) in [5, 5.41) is -0.241. The summed E-state index contributed by atoms with van der Waals surface area (Å²) in [5.74, 6) is 1.50. The minimum Gasteiger partial charge on any atom is -0.497 e. The van der Waals surface area contributed by atoms with E-state index in [0.29, 0.717) is 0 Å². The summed E-state index contributed by atoms with van der Waals surface area (Å²) in [6.07, 6.45) is 0. The largest absolute Gasteiger partial charge is 0.497 e. The molecule has 0 saturated carbocycles. The predicted octanol–water partition coefficient (Wildman–Crippen LogP) is 4.65. The Morgan fingerprint density at radius 2 is 1.65 bits per heavy atom. The van der Waals surface area contributed by atoms with Crippen molar-refractivity contribution in [3.05, 3.63) is 58.7 Å². The fourth-order valence-corrected chi connectivity index (χ4v) is 2.45. The van der Waals surface area contributed by atoms with Crippen molar-refractivity contribution in [3.8, 4) is 11.5 Å². The van der Waals surface area contributed by atoms with Gasteiger partial charge in [-0.15, -0.1) is 11.6 Å². The van der Waals surface area contributed by atoms with Gasteiger partial charge < -0.3 is 9.47 Å². The van der Waals surface area contributed by atoms with E-state index in [-0.39, 0.29) is 5.38 Å². The van der Waals surface area contributed by atoms with Gasteiger partial charge in [-0.05, 0) is 42.7 Å². The summed E-state index contributed by atoms with van der Waals surface area (Å²) in [7, 11) is 3.28. The maximum atomic E-state index is 6.61. The van der Waals surface area contributed by atoms with E-state index >= 15 is 0 Å². The first-order valence-corrected chi connectivity index (χ1v) is 6.93. The number of rotatable bonds is 4. The predicted molar refractivity (Wildman–Crippen MR) is 83.2 cm³/mol. The lowest BCUT2D eigenvalue weighted by Gasteiger charge is -2.16. The van der Waals surface area contributed by atoms with Gasteiger partial charge in [0.25, 0.3) is 0 Å². The smallest absolute Gasteiger partial charge is 0.127 e. The minimum absolute atomic E-state index is 0.241. The normalized spacial score (nSPS) is 12.1. The van der Waals surface area contributed by atoms with Gasteiger partial charge in [-0.1, -0.05) is 18.2 Å². The van der Waals surface area contributed by atoms with Crippen LogP contribution in [0.25, 0.3) is 0 Å². The lowest BCUT2D eigenvalue weighted by atomic mass is 9.99. The van der Waals surface area contributed by atoms with Crippen LogP contribution in [-0.2, 0) is 0 Å². The van der Waals surface area contributed by atoms with Crippen molar-refractivity contribution in [2.45, 2.75) is 19.2 Å². The number of hydrogen-bond acceptors (Lipinski definition) is 2. The molecular weight excluding hydrogens is 272 g/mol. The highest BCUT2D eigenvalue weighted by molar-refractivity contribution is 6.22. The van der Waals surface area contributed by atoms with Crippen molar-refractivity contribution in [1.29, 1.82) is 0 Å². The molecule has 2 rings (SSSR count). The molecule has 2 nitrogen and oxygen atoms in total. The van der Waals surface area contributed by atoms with Crippen LogP contribution in [-0.4, -0.2) is 14.2 Å². The van der Waals surface area contributed by atoms with E-state index in [1.807, 2.05) is 18.2 Å². The number of aryl methyl sites for hydroxylation is 2. The highest BCUT2D eigenvalue weighted by Crippen LogP contribution is 2.37. The Balaban J connectivity index is 2.41. The van der Waals surface area contributed by atoms with E-state index in [1.165, 1.54) is 11.1 Å². The third-order valence-corrected chi connectivity index (χ3v) is 4.02. The Morgan fingerprint density at radius 3 is 2.25 bits per heavy atom. The average Bonchev–Trinajstić information content (AvgIpc) is 2.48. The molecule has 0 aromatic heterocycles. The summed E-state index contributed by atoms with van der Waals surface area (Å²) < 4.78 is 10.6. The van der Waals surface area contributed by atoms with Gasteiger partial charge in [0.05, 0.1) is 19.6 Å². The Kier molecular flexibility index (Phi) is 4.56. The second kappa shape index (κ2) is 6.19. The van der Waals surface area contributed by atoms with Crippen LogP contribution >= 0.6 is 11.6 Å². The fourth-order valence-electron chi connectivity index (χ4n) is 2.13. The zero-order chi connectivity index (χ0) is 14.7. The summed E-state index contributed by atoms with van der Waals surface area (Å²) in [6.45, 7) is 4.18. The Bertz CT molecular complexity index is 608. The lowest BCUT2D eigenvalue weighted by Crippen LogP contribution is -1.99. The Morgan fingerprint density at radius 1 is 0.900 bits per heavy atom. The Hall–Kier alpha value is -1.67. The van der Waals surface area contributed by atoms with Gasteiger partial charge in [0.1, 0.15) is 11.5 Å². The monoisotopic (exact) mass is 290 g/mol. The fraction of sp³-hybridized carbons (Fsp3) is 0.294. The molecule has 0 bridgehead atoms. The van der Waals surface area contributed by atoms with Crippen LogP contribution in [0.15, 0.2) is 36.4 Å². The van der Waals surface area contributed by atoms with Gasteiger partial charge in [0.15, 0.2) is 0 Å². The number of halogens is 1. The number of methoxy groups -OCH3 is 2. The molecule has 2 aromatic rings. The molecule has 0 aliphatic rings. The number of ether oxygens (including phenoxy) is 2. The SMILES string of the molecule is COc1ccc(C(Cl)c2ccc(C)c(C)c2)c(OC)c1. The van der Waals surface area contributed by atoms with Crippen LogP contribution in [0.3, 0.4) is 0 Å². The lowest BCUT2D eigenvalue weighted by molar-refractivity contribution is 0.391. The van der Waals surface area contributed by atoms with E-state index in [2.05, 4.69) is 32.0 Å². The Labute approximate surface area is 125 Å². The molecule has 0 radical (unpaired) electrons. The van der Waals surface area contributed by atoms with Crippen LogP contribution in [0.1, 0.15) is 27.6 Å². The van der Waals surface area contributed by atoms with E-state index in [4.69, 9.17) is 21.1 Å². The third kappa shape index (κ3) is 2.91. The van der Waals surface area contributed by atoms with Gasteiger partial charge in [0.2, 0.25) is 0 Å². The molecule has 0 aliphatic carbocycles. The van der Waals surface area contributed by atoms with Crippen molar-refractivity contribution in [3.63, 3.8) is 0 Å². The average molecular weight is 291 g/mol. The van der Waals surface area contributed by atoms with Crippen LogP contribution in [0.4, 0.5) is 0 Å².